The lowest BCUT2D eigenvalue weighted by Gasteiger charge is -2.24. The van der Waals surface area contributed by atoms with Crippen molar-refractivity contribution < 1.29 is 28.9 Å². The predicted molar refractivity (Wildman–Crippen MR) is 153 cm³/mol. The van der Waals surface area contributed by atoms with Gasteiger partial charge in [-0.3, -0.25) is 9.59 Å². The second-order valence-electron chi connectivity index (χ2n) is 9.40. The number of methoxy groups -OCH3 is 1. The second kappa shape index (κ2) is 13.9. The summed E-state index contributed by atoms with van der Waals surface area (Å²) in [6.45, 7) is 3.10. The van der Waals surface area contributed by atoms with Gasteiger partial charge in [0.25, 0.3) is 0 Å². The van der Waals surface area contributed by atoms with Gasteiger partial charge in [0.05, 0.1) is 25.4 Å². The van der Waals surface area contributed by atoms with E-state index in [4.69, 9.17) is 19.3 Å². The van der Waals surface area contributed by atoms with Gasteiger partial charge in [-0.1, -0.05) is 56.2 Å². The molecule has 2 atom stereocenters. The van der Waals surface area contributed by atoms with E-state index in [9.17, 15) is 9.59 Å². The number of carboxylic acids is 1. The Hall–Kier alpha value is -3.65. The van der Waals surface area contributed by atoms with Crippen molar-refractivity contribution >= 4 is 23.6 Å². The first-order chi connectivity index (χ1) is 19.0. The van der Waals surface area contributed by atoms with Crippen molar-refractivity contribution in [1.29, 1.82) is 0 Å². The van der Waals surface area contributed by atoms with Crippen LogP contribution in [0.1, 0.15) is 49.1 Å². The standard InChI is InChI=1S/C31H35NO6S/c1-3-4-14-28-30(35)32(17-9-18-37-26-16-15-22(20-29(33)34)19-27(26)36-2)31(39-28)23-10-8-13-25(21-23)38-24-11-6-5-7-12-24/h5-8,10-13,15-16,19,21,28,31H,3-4,9,14,17-18,20H2,1-2H3,(H,33,34). The number of rotatable bonds is 14. The molecule has 1 amide bonds. The molecule has 0 aromatic heterocycles. The van der Waals surface area contributed by atoms with E-state index >= 15 is 0 Å². The van der Waals surface area contributed by atoms with Crippen LogP contribution in [-0.2, 0) is 16.0 Å². The summed E-state index contributed by atoms with van der Waals surface area (Å²) in [7, 11) is 1.53. The predicted octanol–water partition coefficient (Wildman–Crippen LogP) is 6.72. The molecule has 0 saturated carbocycles. The smallest absolute Gasteiger partial charge is 0.307 e. The molecular formula is C31H35NO6S. The Morgan fingerprint density at radius 1 is 0.974 bits per heavy atom. The summed E-state index contributed by atoms with van der Waals surface area (Å²) in [5.41, 5.74) is 1.68. The number of carbonyl (C=O) groups is 2. The largest absolute Gasteiger partial charge is 0.493 e. The maximum Gasteiger partial charge on any atom is 0.307 e. The average Bonchev–Trinajstić information content (AvgIpc) is 3.25. The van der Waals surface area contributed by atoms with Gasteiger partial charge in [-0.25, -0.2) is 0 Å². The molecule has 1 aliphatic heterocycles. The number of ether oxygens (including phenoxy) is 3. The molecule has 206 valence electrons. The summed E-state index contributed by atoms with van der Waals surface area (Å²) in [5.74, 6) is 1.83. The number of benzene rings is 3. The third kappa shape index (κ3) is 7.69. The molecule has 2 unspecified atom stereocenters. The minimum absolute atomic E-state index is 0.0589. The number of amides is 1. The maximum absolute atomic E-state index is 13.4. The van der Waals surface area contributed by atoms with E-state index in [2.05, 4.69) is 13.0 Å². The zero-order valence-corrected chi connectivity index (χ0v) is 23.2. The molecule has 1 N–H and O–H groups in total. The fourth-order valence-corrected chi connectivity index (χ4v) is 6.07. The molecule has 3 aromatic carbocycles. The highest BCUT2D eigenvalue weighted by atomic mass is 32.2. The second-order valence-corrected chi connectivity index (χ2v) is 10.7. The number of hydrogen-bond acceptors (Lipinski definition) is 6. The Morgan fingerprint density at radius 3 is 2.51 bits per heavy atom. The van der Waals surface area contributed by atoms with Crippen molar-refractivity contribution in [2.75, 3.05) is 20.3 Å². The number of para-hydroxylation sites is 1. The molecule has 0 radical (unpaired) electrons. The molecule has 7 nitrogen and oxygen atoms in total. The number of nitrogens with zero attached hydrogens (tertiary/aromatic N) is 1. The summed E-state index contributed by atoms with van der Waals surface area (Å²) >= 11 is 1.71. The monoisotopic (exact) mass is 549 g/mol. The molecule has 1 saturated heterocycles. The molecule has 1 fully saturated rings. The Morgan fingerprint density at radius 2 is 1.77 bits per heavy atom. The normalized spacial score (nSPS) is 16.8. The van der Waals surface area contributed by atoms with E-state index in [1.165, 1.54) is 7.11 Å². The van der Waals surface area contributed by atoms with Crippen LogP contribution in [0, 0.1) is 0 Å². The lowest BCUT2D eigenvalue weighted by molar-refractivity contribution is -0.136. The number of hydrogen-bond donors (Lipinski definition) is 1. The first-order valence-electron chi connectivity index (χ1n) is 13.3. The molecule has 0 spiro atoms. The summed E-state index contributed by atoms with van der Waals surface area (Å²) in [4.78, 5) is 26.4. The SMILES string of the molecule is CCCCC1SC(c2cccc(Oc3ccccc3)c2)N(CCCOc2ccc(CC(=O)O)cc2OC)C1=O. The molecular weight excluding hydrogens is 514 g/mol. The Labute approximate surface area is 234 Å². The first kappa shape index (κ1) is 28.4. The van der Waals surface area contributed by atoms with Crippen LogP contribution < -0.4 is 14.2 Å². The van der Waals surface area contributed by atoms with Crippen LogP contribution in [0.15, 0.2) is 72.8 Å². The third-order valence-corrected chi connectivity index (χ3v) is 8.01. The van der Waals surface area contributed by atoms with Crippen LogP contribution in [0.5, 0.6) is 23.0 Å². The van der Waals surface area contributed by atoms with Crippen molar-refractivity contribution in [3.8, 4) is 23.0 Å². The van der Waals surface area contributed by atoms with Crippen LogP contribution in [0.25, 0.3) is 0 Å². The van der Waals surface area contributed by atoms with Gasteiger partial charge in [0.2, 0.25) is 5.91 Å². The van der Waals surface area contributed by atoms with Crippen molar-refractivity contribution in [2.24, 2.45) is 0 Å². The number of thioether (sulfide) groups is 1. The first-order valence-corrected chi connectivity index (χ1v) is 14.2. The van der Waals surface area contributed by atoms with Gasteiger partial charge in [-0.15, -0.1) is 11.8 Å². The Balaban J connectivity index is 1.43. The molecule has 4 rings (SSSR count). The van der Waals surface area contributed by atoms with E-state index in [-0.39, 0.29) is 23.0 Å². The molecule has 1 aliphatic rings. The van der Waals surface area contributed by atoms with Gasteiger partial charge in [0.15, 0.2) is 11.5 Å². The fourth-order valence-electron chi connectivity index (χ4n) is 4.54. The molecule has 3 aromatic rings. The Bertz CT molecular complexity index is 1250. The van der Waals surface area contributed by atoms with Gasteiger partial charge in [-0.2, -0.15) is 0 Å². The Kier molecular flexibility index (Phi) is 10.1. The van der Waals surface area contributed by atoms with Gasteiger partial charge >= 0.3 is 5.97 Å². The van der Waals surface area contributed by atoms with Gasteiger partial charge < -0.3 is 24.2 Å². The highest BCUT2D eigenvalue weighted by Crippen LogP contribution is 2.45. The lowest BCUT2D eigenvalue weighted by atomic mass is 10.1. The van der Waals surface area contributed by atoms with E-state index in [1.54, 1.807) is 30.0 Å². The number of carboxylic acid groups (broad SMARTS) is 1. The summed E-state index contributed by atoms with van der Waals surface area (Å²) in [6, 6.07) is 22.8. The lowest BCUT2D eigenvalue weighted by Crippen LogP contribution is -2.32. The summed E-state index contributed by atoms with van der Waals surface area (Å²) in [6.07, 6.45) is 3.49. The average molecular weight is 550 g/mol. The van der Waals surface area contributed by atoms with E-state index in [1.807, 2.05) is 53.4 Å². The molecule has 0 aliphatic carbocycles. The van der Waals surface area contributed by atoms with Crippen LogP contribution in [0.3, 0.4) is 0 Å². The molecule has 8 heteroatoms. The zero-order chi connectivity index (χ0) is 27.6. The summed E-state index contributed by atoms with van der Waals surface area (Å²) in [5, 5.41) is 8.88. The van der Waals surface area contributed by atoms with Crippen molar-refractivity contribution in [2.45, 2.75) is 49.7 Å². The van der Waals surface area contributed by atoms with E-state index in [0.29, 0.717) is 36.6 Å². The van der Waals surface area contributed by atoms with E-state index < -0.39 is 5.97 Å². The van der Waals surface area contributed by atoms with E-state index in [0.717, 1.165) is 36.3 Å². The van der Waals surface area contributed by atoms with Gasteiger partial charge in [0, 0.05) is 6.54 Å². The molecule has 1 heterocycles. The third-order valence-electron chi connectivity index (χ3n) is 6.46. The van der Waals surface area contributed by atoms with Crippen molar-refractivity contribution in [1.82, 2.24) is 4.90 Å². The number of unbranched alkanes of at least 4 members (excludes halogenated alkanes) is 1. The quantitative estimate of drug-likeness (QED) is 0.224. The highest BCUT2D eigenvalue weighted by molar-refractivity contribution is 8.01. The van der Waals surface area contributed by atoms with Crippen molar-refractivity contribution in [3.05, 3.63) is 83.9 Å². The topological polar surface area (TPSA) is 85.3 Å². The minimum atomic E-state index is -0.900. The molecule has 39 heavy (non-hydrogen) atoms. The minimum Gasteiger partial charge on any atom is -0.493 e. The van der Waals surface area contributed by atoms with Crippen LogP contribution in [-0.4, -0.2) is 47.4 Å². The van der Waals surface area contributed by atoms with Crippen LogP contribution >= 0.6 is 11.8 Å². The van der Waals surface area contributed by atoms with Gasteiger partial charge in [-0.05, 0) is 60.4 Å². The fraction of sp³-hybridized carbons (Fsp3) is 0.355. The molecule has 0 bridgehead atoms. The summed E-state index contributed by atoms with van der Waals surface area (Å²) < 4.78 is 17.4. The number of aliphatic carboxylic acids is 1. The van der Waals surface area contributed by atoms with Crippen molar-refractivity contribution in [3.63, 3.8) is 0 Å². The van der Waals surface area contributed by atoms with Crippen LogP contribution in [0.2, 0.25) is 0 Å². The maximum atomic E-state index is 13.4. The van der Waals surface area contributed by atoms with Crippen LogP contribution in [0.4, 0.5) is 0 Å². The highest BCUT2D eigenvalue weighted by Gasteiger charge is 2.40. The van der Waals surface area contributed by atoms with Gasteiger partial charge in [0.1, 0.15) is 16.9 Å². The number of carbonyl (C=O) groups excluding carboxylic acids is 1. The zero-order valence-electron chi connectivity index (χ0n) is 22.4.